The molecule has 0 radical (unpaired) electrons. The van der Waals surface area contributed by atoms with Crippen molar-refractivity contribution in [3.63, 3.8) is 0 Å². The van der Waals surface area contributed by atoms with E-state index in [1.165, 1.54) is 38.5 Å². The van der Waals surface area contributed by atoms with Crippen LogP contribution in [0, 0.1) is 11.8 Å². The van der Waals surface area contributed by atoms with Crippen LogP contribution >= 0.6 is 0 Å². The third-order valence-corrected chi connectivity index (χ3v) is 4.85. The summed E-state index contributed by atoms with van der Waals surface area (Å²) in [6.45, 7) is 10.5. The van der Waals surface area contributed by atoms with Gasteiger partial charge < -0.3 is 9.90 Å². The number of allylic oxidation sites excluding steroid dienone is 4. The number of nitrogens with zero attached hydrogens (tertiary/aromatic N) is 1. The molecule has 2 unspecified atom stereocenters. The van der Waals surface area contributed by atoms with Gasteiger partial charge in [-0.25, -0.2) is 0 Å². The van der Waals surface area contributed by atoms with Crippen LogP contribution in [0.25, 0.3) is 0 Å². The van der Waals surface area contributed by atoms with E-state index in [0.717, 1.165) is 38.8 Å². The molecule has 0 saturated carbocycles. The second-order valence-electron chi connectivity index (χ2n) is 8.18. The molecule has 0 aromatic heterocycles. The molecular formula is C24H44LiNO2. The van der Waals surface area contributed by atoms with E-state index in [1.54, 1.807) is 0 Å². The Morgan fingerprint density at radius 3 is 1.61 bits per heavy atom. The van der Waals surface area contributed by atoms with Crippen LogP contribution in [0.1, 0.15) is 91.9 Å². The monoisotopic (exact) mass is 385 g/mol. The minimum atomic E-state index is -0.973. The van der Waals surface area contributed by atoms with E-state index in [4.69, 9.17) is 0 Å². The van der Waals surface area contributed by atoms with Crippen LogP contribution in [0.5, 0.6) is 0 Å². The molecule has 0 amide bonds. The van der Waals surface area contributed by atoms with Crippen LogP contribution in [-0.2, 0) is 4.79 Å². The molecule has 0 fully saturated rings. The Morgan fingerprint density at radius 1 is 0.821 bits per heavy atom. The zero-order chi connectivity index (χ0) is 20.3. The molecule has 3 nitrogen and oxygen atoms in total. The van der Waals surface area contributed by atoms with E-state index in [2.05, 4.69) is 56.9 Å². The summed E-state index contributed by atoms with van der Waals surface area (Å²) in [7, 11) is 0. The number of carboxylic acid groups (broad SMARTS) is 1. The fourth-order valence-corrected chi connectivity index (χ4v) is 3.33. The first-order chi connectivity index (χ1) is 13.0. The van der Waals surface area contributed by atoms with Crippen LogP contribution in [0.3, 0.4) is 0 Å². The first kappa shape index (κ1) is 29.7. The first-order valence-corrected chi connectivity index (χ1v) is 11.2. The number of carboxylic acids is 1. The van der Waals surface area contributed by atoms with Gasteiger partial charge in [-0.1, -0.05) is 77.7 Å². The van der Waals surface area contributed by atoms with Gasteiger partial charge in [-0.3, -0.25) is 4.90 Å². The van der Waals surface area contributed by atoms with E-state index in [-0.39, 0.29) is 25.4 Å². The van der Waals surface area contributed by atoms with Crippen molar-refractivity contribution in [1.29, 1.82) is 0 Å². The molecule has 0 aliphatic rings. The number of carbonyl (C=O) groups is 1. The number of carbonyl (C=O) groups excluding carboxylic acids is 1. The van der Waals surface area contributed by atoms with E-state index in [1.807, 2.05) is 0 Å². The summed E-state index contributed by atoms with van der Waals surface area (Å²) in [5, 5.41) is 11.1. The second kappa shape index (κ2) is 21.2. The van der Waals surface area contributed by atoms with Crippen LogP contribution in [-0.4, -0.2) is 30.5 Å². The molecule has 2 atom stereocenters. The van der Waals surface area contributed by atoms with Gasteiger partial charge in [-0.05, 0) is 50.4 Å². The smallest absolute Gasteiger partial charge is 0.549 e. The summed E-state index contributed by atoms with van der Waals surface area (Å²) in [6.07, 6.45) is 21.1. The molecule has 0 saturated heterocycles. The minimum Gasteiger partial charge on any atom is -0.549 e. The average molecular weight is 386 g/mol. The molecule has 0 N–H and O–H groups in total. The van der Waals surface area contributed by atoms with Gasteiger partial charge in [0.1, 0.15) is 0 Å². The number of hydrogen-bond acceptors (Lipinski definition) is 3. The van der Waals surface area contributed by atoms with Crippen LogP contribution in [0.15, 0.2) is 24.3 Å². The SMILES string of the molecule is CCCCC/C=C/CC(C)CN(CC(=O)[O-])CC(C)C/C=C/CCCCC.[Li+]. The van der Waals surface area contributed by atoms with Crippen molar-refractivity contribution in [3.8, 4) is 0 Å². The van der Waals surface area contributed by atoms with Gasteiger partial charge >= 0.3 is 18.9 Å². The quantitative estimate of drug-likeness (QED) is 0.207. The molecule has 28 heavy (non-hydrogen) atoms. The van der Waals surface area contributed by atoms with E-state index >= 15 is 0 Å². The van der Waals surface area contributed by atoms with Crippen molar-refractivity contribution in [2.45, 2.75) is 91.9 Å². The fraction of sp³-hybridized carbons (Fsp3) is 0.792. The third-order valence-electron chi connectivity index (χ3n) is 4.85. The molecule has 0 heterocycles. The average Bonchev–Trinajstić information content (AvgIpc) is 2.60. The summed E-state index contributed by atoms with van der Waals surface area (Å²) >= 11 is 0. The minimum absolute atomic E-state index is 0. The van der Waals surface area contributed by atoms with Gasteiger partial charge in [0, 0.05) is 19.6 Å². The van der Waals surface area contributed by atoms with Crippen molar-refractivity contribution in [1.82, 2.24) is 4.90 Å². The Hall–Kier alpha value is -0.493. The molecule has 158 valence electrons. The molecule has 0 aromatic carbocycles. The molecule has 0 rings (SSSR count). The summed E-state index contributed by atoms with van der Waals surface area (Å²) in [4.78, 5) is 13.2. The Morgan fingerprint density at radius 2 is 1.25 bits per heavy atom. The van der Waals surface area contributed by atoms with Crippen molar-refractivity contribution in [2.75, 3.05) is 19.6 Å². The van der Waals surface area contributed by atoms with Crippen molar-refractivity contribution in [2.24, 2.45) is 11.8 Å². The first-order valence-electron chi connectivity index (χ1n) is 11.2. The van der Waals surface area contributed by atoms with Gasteiger partial charge in [-0.2, -0.15) is 0 Å². The van der Waals surface area contributed by atoms with E-state index < -0.39 is 5.97 Å². The number of aliphatic carboxylic acids is 1. The Kier molecular flexibility index (Phi) is 22.5. The number of hydrogen-bond donors (Lipinski definition) is 0. The third kappa shape index (κ3) is 20.2. The summed E-state index contributed by atoms with van der Waals surface area (Å²) in [5.74, 6) is -0.0493. The van der Waals surface area contributed by atoms with Gasteiger partial charge in [0.05, 0.1) is 5.97 Å². The Balaban J connectivity index is 0. The van der Waals surface area contributed by atoms with E-state index in [0.29, 0.717) is 11.8 Å². The van der Waals surface area contributed by atoms with E-state index in [9.17, 15) is 9.90 Å². The molecule has 0 aliphatic carbocycles. The van der Waals surface area contributed by atoms with Gasteiger partial charge in [0.25, 0.3) is 0 Å². The normalized spacial score (nSPS) is 13.9. The maximum absolute atomic E-state index is 11.1. The molecule has 4 heteroatoms. The molecule has 0 bridgehead atoms. The largest absolute Gasteiger partial charge is 1.00 e. The Labute approximate surface area is 187 Å². The van der Waals surface area contributed by atoms with Crippen molar-refractivity contribution < 1.29 is 28.8 Å². The molecule has 0 aromatic rings. The number of rotatable bonds is 18. The Bertz CT molecular complexity index is 379. The fourth-order valence-electron chi connectivity index (χ4n) is 3.33. The number of unbranched alkanes of at least 4 members (excludes halogenated alkanes) is 6. The van der Waals surface area contributed by atoms with Gasteiger partial charge in [0.2, 0.25) is 0 Å². The van der Waals surface area contributed by atoms with Gasteiger partial charge in [-0.15, -0.1) is 0 Å². The van der Waals surface area contributed by atoms with Crippen LogP contribution in [0.2, 0.25) is 0 Å². The standard InChI is InChI=1S/C24H45NO2.Li/c1-5-7-9-11-13-15-17-22(3)19-25(21-24(26)27)20-23(4)18-16-14-12-10-8-6-2;/h13-16,22-23H,5-12,17-21H2,1-4H3,(H,26,27);/q;+1/p-1/b15-13+,16-14+;. The summed E-state index contributed by atoms with van der Waals surface area (Å²) in [6, 6.07) is 0. The predicted molar refractivity (Wildman–Crippen MR) is 116 cm³/mol. The molecule has 0 spiro atoms. The maximum Gasteiger partial charge on any atom is 1.00 e. The van der Waals surface area contributed by atoms with Crippen molar-refractivity contribution in [3.05, 3.63) is 24.3 Å². The van der Waals surface area contributed by atoms with Gasteiger partial charge in [0.15, 0.2) is 0 Å². The second-order valence-corrected chi connectivity index (χ2v) is 8.18. The topological polar surface area (TPSA) is 43.4 Å². The summed E-state index contributed by atoms with van der Waals surface area (Å²) in [5.41, 5.74) is 0. The van der Waals surface area contributed by atoms with Crippen LogP contribution in [0.4, 0.5) is 0 Å². The summed E-state index contributed by atoms with van der Waals surface area (Å²) < 4.78 is 0. The molecular weight excluding hydrogens is 341 g/mol. The van der Waals surface area contributed by atoms with Crippen LogP contribution < -0.4 is 24.0 Å². The molecule has 0 aliphatic heterocycles. The zero-order valence-electron chi connectivity index (χ0n) is 19.4. The predicted octanol–water partition coefficient (Wildman–Crippen LogP) is 2.37. The van der Waals surface area contributed by atoms with Crippen molar-refractivity contribution >= 4 is 5.97 Å². The maximum atomic E-state index is 11.1. The zero-order valence-corrected chi connectivity index (χ0v) is 19.4.